The highest BCUT2D eigenvalue weighted by Crippen LogP contribution is 2.31. The summed E-state index contributed by atoms with van der Waals surface area (Å²) in [7, 11) is 1.58. The fourth-order valence-electron chi connectivity index (χ4n) is 1.43. The topological polar surface area (TPSA) is 31.4 Å². The van der Waals surface area contributed by atoms with E-state index in [1.54, 1.807) is 25.3 Å². The summed E-state index contributed by atoms with van der Waals surface area (Å²) in [6.45, 7) is 0. The van der Waals surface area contributed by atoms with Crippen LogP contribution in [0.2, 0.25) is 5.02 Å². The van der Waals surface area contributed by atoms with Gasteiger partial charge in [0.1, 0.15) is 0 Å². The van der Waals surface area contributed by atoms with Gasteiger partial charge in [-0.2, -0.15) is 0 Å². The zero-order chi connectivity index (χ0) is 13.0. The molecule has 0 bridgehead atoms. The highest BCUT2D eigenvalue weighted by molar-refractivity contribution is 6.32. The van der Waals surface area contributed by atoms with Gasteiger partial charge >= 0.3 is 0 Å². The molecule has 0 radical (unpaired) electrons. The second-order valence-electron chi connectivity index (χ2n) is 3.46. The minimum Gasteiger partial charge on any atom is -0.493 e. The van der Waals surface area contributed by atoms with E-state index in [1.165, 1.54) is 0 Å². The molecular weight excluding hydrogens is 273 g/mol. The number of ether oxygens (including phenoxy) is 2. The average molecular weight is 284 g/mol. The molecule has 0 saturated carbocycles. The molecule has 94 valence electrons. The van der Waals surface area contributed by atoms with Crippen molar-refractivity contribution in [3.05, 3.63) is 47.1 Å². The van der Waals surface area contributed by atoms with Crippen LogP contribution in [-0.2, 0) is 5.88 Å². The molecule has 0 unspecified atom stereocenters. The number of methoxy groups -OCH3 is 1. The SMILES string of the molecule is COc1ccccc1Oc1ccc(Cl)c(CCl)n1. The zero-order valence-electron chi connectivity index (χ0n) is 9.69. The first-order valence-electron chi connectivity index (χ1n) is 5.27. The standard InChI is InChI=1S/C13H11Cl2NO2/c1-17-11-4-2-3-5-12(11)18-13-7-6-9(15)10(8-14)16-13/h2-7H,8H2,1H3. The molecule has 1 heterocycles. The summed E-state index contributed by atoms with van der Waals surface area (Å²) in [5.41, 5.74) is 0.589. The molecule has 5 heteroatoms. The Hall–Kier alpha value is -1.45. The molecule has 18 heavy (non-hydrogen) atoms. The van der Waals surface area contributed by atoms with E-state index in [1.807, 2.05) is 18.2 Å². The van der Waals surface area contributed by atoms with Crippen LogP contribution in [-0.4, -0.2) is 12.1 Å². The van der Waals surface area contributed by atoms with Crippen molar-refractivity contribution in [1.29, 1.82) is 0 Å². The van der Waals surface area contributed by atoms with Gasteiger partial charge in [0.2, 0.25) is 5.88 Å². The molecule has 0 fully saturated rings. The van der Waals surface area contributed by atoms with Crippen LogP contribution < -0.4 is 9.47 Å². The van der Waals surface area contributed by atoms with Gasteiger partial charge in [-0.05, 0) is 18.2 Å². The number of para-hydroxylation sites is 2. The lowest BCUT2D eigenvalue weighted by molar-refractivity contribution is 0.374. The second-order valence-corrected chi connectivity index (χ2v) is 4.14. The number of alkyl halides is 1. The van der Waals surface area contributed by atoms with Gasteiger partial charge in [0.05, 0.1) is 23.7 Å². The normalized spacial score (nSPS) is 10.2. The predicted molar refractivity (Wildman–Crippen MR) is 71.9 cm³/mol. The van der Waals surface area contributed by atoms with Crippen LogP contribution in [0.5, 0.6) is 17.4 Å². The molecule has 2 rings (SSSR count). The molecule has 0 aliphatic carbocycles. The predicted octanol–water partition coefficient (Wildman–Crippen LogP) is 4.27. The van der Waals surface area contributed by atoms with Crippen LogP contribution >= 0.6 is 23.2 Å². The van der Waals surface area contributed by atoms with Gasteiger partial charge in [-0.15, -0.1) is 11.6 Å². The van der Waals surface area contributed by atoms with Gasteiger partial charge in [-0.3, -0.25) is 0 Å². The first kappa shape index (κ1) is 13.0. The largest absolute Gasteiger partial charge is 0.493 e. The van der Waals surface area contributed by atoms with Gasteiger partial charge in [0.15, 0.2) is 11.5 Å². The Morgan fingerprint density at radius 3 is 2.50 bits per heavy atom. The Morgan fingerprint density at radius 1 is 1.11 bits per heavy atom. The molecule has 0 amide bonds. The summed E-state index contributed by atoms with van der Waals surface area (Å²) in [6, 6.07) is 10.7. The molecule has 1 aromatic heterocycles. The molecule has 0 aliphatic rings. The van der Waals surface area contributed by atoms with E-state index in [4.69, 9.17) is 32.7 Å². The fraction of sp³-hybridized carbons (Fsp3) is 0.154. The molecule has 3 nitrogen and oxygen atoms in total. The monoisotopic (exact) mass is 283 g/mol. The molecule has 0 saturated heterocycles. The highest BCUT2D eigenvalue weighted by Gasteiger charge is 2.07. The minimum atomic E-state index is 0.238. The summed E-state index contributed by atoms with van der Waals surface area (Å²) in [5, 5.41) is 0.525. The minimum absolute atomic E-state index is 0.238. The molecule has 2 aromatic rings. The number of halogens is 2. The third kappa shape index (κ3) is 2.86. The Balaban J connectivity index is 2.28. The van der Waals surface area contributed by atoms with Crippen LogP contribution in [0.1, 0.15) is 5.69 Å². The molecule has 1 aromatic carbocycles. The van der Waals surface area contributed by atoms with Crippen LogP contribution in [0, 0.1) is 0 Å². The maximum Gasteiger partial charge on any atom is 0.219 e. The maximum atomic E-state index is 5.93. The van der Waals surface area contributed by atoms with Crippen molar-refractivity contribution < 1.29 is 9.47 Å². The molecular formula is C13H11Cl2NO2. The summed E-state index contributed by atoms with van der Waals surface area (Å²) in [4.78, 5) is 4.22. The average Bonchev–Trinajstić information content (AvgIpc) is 2.41. The number of rotatable bonds is 4. The first-order valence-corrected chi connectivity index (χ1v) is 6.18. The Kier molecular flexibility index (Phi) is 4.28. The first-order chi connectivity index (χ1) is 8.74. The summed E-state index contributed by atoms with van der Waals surface area (Å²) in [5.74, 6) is 1.90. The number of benzene rings is 1. The second kappa shape index (κ2) is 5.94. The number of nitrogens with zero attached hydrogens (tertiary/aromatic N) is 1. The van der Waals surface area contributed by atoms with E-state index in [9.17, 15) is 0 Å². The zero-order valence-corrected chi connectivity index (χ0v) is 11.2. The molecule has 0 aliphatic heterocycles. The summed E-state index contributed by atoms with van der Waals surface area (Å²) in [6.07, 6.45) is 0. The van der Waals surface area contributed by atoms with Crippen molar-refractivity contribution in [1.82, 2.24) is 4.98 Å². The Morgan fingerprint density at radius 2 is 1.83 bits per heavy atom. The number of hydrogen-bond donors (Lipinski definition) is 0. The Labute approximate surface area is 115 Å². The molecule has 0 N–H and O–H groups in total. The van der Waals surface area contributed by atoms with Gasteiger partial charge in [-0.25, -0.2) is 4.98 Å². The van der Waals surface area contributed by atoms with Crippen LogP contribution in [0.25, 0.3) is 0 Å². The summed E-state index contributed by atoms with van der Waals surface area (Å²) >= 11 is 11.7. The summed E-state index contributed by atoms with van der Waals surface area (Å²) < 4.78 is 10.8. The molecule has 0 spiro atoms. The van der Waals surface area contributed by atoms with Crippen molar-refractivity contribution in [2.24, 2.45) is 0 Å². The quantitative estimate of drug-likeness (QED) is 0.785. The van der Waals surface area contributed by atoms with E-state index >= 15 is 0 Å². The number of pyridine rings is 1. The maximum absolute atomic E-state index is 5.93. The van der Waals surface area contributed by atoms with Crippen LogP contribution in [0.3, 0.4) is 0 Å². The van der Waals surface area contributed by atoms with Crippen molar-refractivity contribution >= 4 is 23.2 Å². The lowest BCUT2D eigenvalue weighted by Gasteiger charge is -2.10. The van der Waals surface area contributed by atoms with E-state index in [2.05, 4.69) is 4.98 Å². The van der Waals surface area contributed by atoms with E-state index < -0.39 is 0 Å². The smallest absolute Gasteiger partial charge is 0.219 e. The van der Waals surface area contributed by atoms with Gasteiger partial charge in [-0.1, -0.05) is 23.7 Å². The van der Waals surface area contributed by atoms with Crippen molar-refractivity contribution in [2.75, 3.05) is 7.11 Å². The van der Waals surface area contributed by atoms with Crippen LogP contribution in [0.15, 0.2) is 36.4 Å². The highest BCUT2D eigenvalue weighted by atomic mass is 35.5. The van der Waals surface area contributed by atoms with E-state index in [-0.39, 0.29) is 5.88 Å². The third-order valence-electron chi connectivity index (χ3n) is 2.30. The Bertz CT molecular complexity index is 546. The number of hydrogen-bond acceptors (Lipinski definition) is 3. The van der Waals surface area contributed by atoms with E-state index in [0.29, 0.717) is 28.1 Å². The van der Waals surface area contributed by atoms with Crippen LogP contribution in [0.4, 0.5) is 0 Å². The van der Waals surface area contributed by atoms with Gasteiger partial charge in [0, 0.05) is 6.07 Å². The van der Waals surface area contributed by atoms with Crippen molar-refractivity contribution in [3.8, 4) is 17.4 Å². The van der Waals surface area contributed by atoms with Crippen molar-refractivity contribution in [3.63, 3.8) is 0 Å². The lowest BCUT2D eigenvalue weighted by Crippen LogP contribution is -1.94. The van der Waals surface area contributed by atoms with Gasteiger partial charge < -0.3 is 9.47 Å². The van der Waals surface area contributed by atoms with E-state index in [0.717, 1.165) is 0 Å². The number of aromatic nitrogens is 1. The van der Waals surface area contributed by atoms with Crippen molar-refractivity contribution in [2.45, 2.75) is 5.88 Å². The lowest BCUT2D eigenvalue weighted by atomic mass is 10.3. The van der Waals surface area contributed by atoms with Gasteiger partial charge in [0.25, 0.3) is 0 Å². The molecule has 0 atom stereocenters. The third-order valence-corrected chi connectivity index (χ3v) is 2.90. The fourth-order valence-corrected chi connectivity index (χ4v) is 1.87.